The average molecular weight is 388 g/mol. The van der Waals surface area contributed by atoms with Crippen molar-refractivity contribution >= 4 is 29.2 Å². The molecule has 2 heterocycles. The summed E-state index contributed by atoms with van der Waals surface area (Å²) in [5.74, 6) is 1.73. The largest absolute Gasteiger partial charge is 0.335 e. The Bertz CT molecular complexity index is 749. The zero-order valence-corrected chi connectivity index (χ0v) is 16.4. The molecule has 4 saturated carbocycles. The van der Waals surface area contributed by atoms with Gasteiger partial charge in [-0.3, -0.25) is 19.4 Å². The molecule has 5 fully saturated rings. The van der Waals surface area contributed by atoms with Gasteiger partial charge in [0.15, 0.2) is 0 Å². The van der Waals surface area contributed by atoms with Gasteiger partial charge in [0.05, 0.1) is 13.2 Å². The molecule has 1 saturated heterocycles. The summed E-state index contributed by atoms with van der Waals surface area (Å²) in [4.78, 5) is 42.9. The Morgan fingerprint density at radius 1 is 1.00 bits per heavy atom. The fourth-order valence-electron chi connectivity index (χ4n) is 6.31. The fourth-order valence-corrected chi connectivity index (χ4v) is 7.00. The molecule has 6 nitrogen and oxygen atoms in total. The number of urea groups is 1. The summed E-state index contributed by atoms with van der Waals surface area (Å²) in [5.41, 5.74) is 0. The number of hydrogen-bond donors (Lipinski definition) is 0. The molecule has 0 spiro atoms. The third-order valence-electron chi connectivity index (χ3n) is 7.08. The van der Waals surface area contributed by atoms with E-state index in [0.29, 0.717) is 17.9 Å². The van der Waals surface area contributed by atoms with E-state index in [1.807, 2.05) is 24.6 Å². The first-order valence-corrected chi connectivity index (χ1v) is 10.8. The maximum atomic E-state index is 12.8. The molecule has 0 radical (unpaired) electrons. The van der Waals surface area contributed by atoms with Crippen molar-refractivity contribution in [3.05, 3.63) is 22.4 Å². The quantitative estimate of drug-likeness (QED) is 0.576. The summed E-state index contributed by atoms with van der Waals surface area (Å²) in [5, 5.41) is 1.90. The maximum Gasteiger partial charge on any atom is 0.335 e. The first kappa shape index (κ1) is 17.4. The fraction of sp³-hybridized carbons (Fsp3) is 0.650. The summed E-state index contributed by atoms with van der Waals surface area (Å²) in [7, 11) is 2.01. The SMILES string of the molecule is CN(CN1C(=O)C(=O)N(Cc2cccs2)C1=O)C1C2CC3CC(C2)CC1C3. The Balaban J connectivity index is 1.29. The highest BCUT2D eigenvalue weighted by molar-refractivity contribution is 7.09. The van der Waals surface area contributed by atoms with Crippen LogP contribution in [-0.4, -0.2) is 52.3 Å². The summed E-state index contributed by atoms with van der Waals surface area (Å²) in [6, 6.07) is 3.71. The second-order valence-electron chi connectivity index (χ2n) is 8.81. The Hall–Kier alpha value is -1.73. The number of imide groups is 2. The molecule has 6 rings (SSSR count). The van der Waals surface area contributed by atoms with Crippen molar-refractivity contribution in [2.45, 2.75) is 44.7 Å². The Labute approximate surface area is 163 Å². The van der Waals surface area contributed by atoms with Gasteiger partial charge in [0, 0.05) is 10.9 Å². The normalized spacial score (nSPS) is 35.2. The van der Waals surface area contributed by atoms with E-state index in [0.717, 1.165) is 26.5 Å². The second-order valence-corrected chi connectivity index (χ2v) is 9.84. The van der Waals surface area contributed by atoms with Gasteiger partial charge >= 0.3 is 17.8 Å². The van der Waals surface area contributed by atoms with E-state index < -0.39 is 17.8 Å². The van der Waals surface area contributed by atoms with Crippen molar-refractivity contribution < 1.29 is 14.4 Å². The number of thiophene rings is 1. The van der Waals surface area contributed by atoms with Crippen LogP contribution in [0.3, 0.4) is 0 Å². The van der Waals surface area contributed by atoms with E-state index in [4.69, 9.17) is 0 Å². The molecule has 27 heavy (non-hydrogen) atoms. The Morgan fingerprint density at radius 2 is 1.63 bits per heavy atom. The van der Waals surface area contributed by atoms with Gasteiger partial charge in [-0.1, -0.05) is 6.07 Å². The predicted octanol–water partition coefficient (Wildman–Crippen LogP) is 2.75. The molecular weight excluding hydrogens is 362 g/mol. The molecule has 5 aliphatic rings. The van der Waals surface area contributed by atoms with Gasteiger partial charge in [0.1, 0.15) is 0 Å². The number of hydrogen-bond acceptors (Lipinski definition) is 5. The van der Waals surface area contributed by atoms with Crippen LogP contribution in [0.25, 0.3) is 0 Å². The van der Waals surface area contributed by atoms with Crippen molar-refractivity contribution in [1.29, 1.82) is 0 Å². The van der Waals surface area contributed by atoms with Crippen molar-refractivity contribution in [2.75, 3.05) is 13.7 Å². The molecule has 1 aliphatic heterocycles. The van der Waals surface area contributed by atoms with Crippen LogP contribution in [0.4, 0.5) is 4.79 Å². The van der Waals surface area contributed by atoms with Crippen molar-refractivity contribution in [3.63, 3.8) is 0 Å². The number of carbonyl (C=O) groups excluding carboxylic acids is 3. The van der Waals surface area contributed by atoms with E-state index in [9.17, 15) is 14.4 Å². The smallest absolute Gasteiger partial charge is 0.285 e. The minimum atomic E-state index is -0.702. The summed E-state index contributed by atoms with van der Waals surface area (Å²) in [6.45, 7) is 0.399. The maximum absolute atomic E-state index is 12.8. The second kappa shape index (κ2) is 6.41. The van der Waals surface area contributed by atoms with E-state index in [1.165, 1.54) is 43.4 Å². The lowest BCUT2D eigenvalue weighted by molar-refractivity contribution is -0.144. The van der Waals surface area contributed by atoms with E-state index in [1.54, 1.807) is 0 Å². The van der Waals surface area contributed by atoms with Crippen LogP contribution in [-0.2, 0) is 16.1 Å². The Kier molecular flexibility index (Phi) is 4.13. The minimum absolute atomic E-state index is 0.180. The minimum Gasteiger partial charge on any atom is -0.285 e. The molecule has 144 valence electrons. The van der Waals surface area contributed by atoms with Crippen LogP contribution < -0.4 is 0 Å². The van der Waals surface area contributed by atoms with Crippen LogP contribution in [0, 0.1) is 23.7 Å². The van der Waals surface area contributed by atoms with Gasteiger partial charge in [-0.25, -0.2) is 9.69 Å². The highest BCUT2D eigenvalue weighted by atomic mass is 32.1. The zero-order chi connectivity index (χ0) is 18.7. The zero-order valence-electron chi connectivity index (χ0n) is 15.5. The lowest BCUT2D eigenvalue weighted by Gasteiger charge is -2.56. The molecule has 0 N–H and O–H groups in total. The van der Waals surface area contributed by atoms with Crippen LogP contribution in [0.1, 0.15) is 37.0 Å². The van der Waals surface area contributed by atoms with Gasteiger partial charge in [0.2, 0.25) is 0 Å². The first-order valence-electron chi connectivity index (χ1n) is 9.91. The number of amides is 4. The van der Waals surface area contributed by atoms with Crippen molar-refractivity contribution in [2.24, 2.45) is 23.7 Å². The molecular formula is C20H25N3O3S. The first-order chi connectivity index (χ1) is 13.0. The lowest BCUT2D eigenvalue weighted by atomic mass is 9.54. The molecule has 1 aromatic rings. The number of nitrogens with zero attached hydrogens (tertiary/aromatic N) is 3. The molecule has 1 aromatic heterocycles. The van der Waals surface area contributed by atoms with Crippen LogP contribution in [0.15, 0.2) is 17.5 Å². The standard InChI is InChI=1S/C20H25N3O3S/c1-21(17-14-6-12-5-13(8-14)9-15(17)7-12)11-23-19(25)18(24)22(20(23)26)10-16-3-2-4-27-16/h2-4,12-15,17H,5-11H2,1H3. The summed E-state index contributed by atoms with van der Waals surface area (Å²) >= 11 is 1.48. The monoisotopic (exact) mass is 387 g/mol. The summed E-state index contributed by atoms with van der Waals surface area (Å²) < 4.78 is 0. The van der Waals surface area contributed by atoms with Gasteiger partial charge in [-0.2, -0.15) is 0 Å². The molecule has 4 amide bonds. The third kappa shape index (κ3) is 2.83. The third-order valence-corrected chi connectivity index (χ3v) is 7.94. The van der Waals surface area contributed by atoms with Crippen molar-refractivity contribution in [3.8, 4) is 0 Å². The topological polar surface area (TPSA) is 60.9 Å². The molecule has 4 bridgehead atoms. The van der Waals surface area contributed by atoms with Crippen LogP contribution in [0.2, 0.25) is 0 Å². The average Bonchev–Trinajstić information content (AvgIpc) is 3.20. The highest BCUT2D eigenvalue weighted by Gasteiger charge is 2.51. The van der Waals surface area contributed by atoms with Crippen LogP contribution >= 0.6 is 11.3 Å². The Morgan fingerprint density at radius 3 is 2.22 bits per heavy atom. The van der Waals surface area contributed by atoms with E-state index in [2.05, 4.69) is 4.90 Å². The van der Waals surface area contributed by atoms with E-state index in [-0.39, 0.29) is 13.2 Å². The van der Waals surface area contributed by atoms with Gasteiger partial charge in [-0.05, 0) is 74.3 Å². The van der Waals surface area contributed by atoms with Gasteiger partial charge in [0.25, 0.3) is 0 Å². The van der Waals surface area contributed by atoms with Crippen LogP contribution in [0.5, 0.6) is 0 Å². The highest BCUT2D eigenvalue weighted by Crippen LogP contribution is 2.54. The summed E-state index contributed by atoms with van der Waals surface area (Å²) in [6.07, 6.45) is 6.54. The molecule has 0 unspecified atom stereocenters. The molecule has 0 aromatic carbocycles. The predicted molar refractivity (Wildman–Crippen MR) is 101 cm³/mol. The molecule has 7 heteroatoms. The van der Waals surface area contributed by atoms with E-state index >= 15 is 0 Å². The lowest BCUT2D eigenvalue weighted by Crippen LogP contribution is -2.57. The number of carbonyl (C=O) groups is 3. The van der Waals surface area contributed by atoms with Gasteiger partial charge < -0.3 is 0 Å². The molecule has 0 atom stereocenters. The van der Waals surface area contributed by atoms with Crippen molar-refractivity contribution in [1.82, 2.24) is 14.7 Å². The number of rotatable bonds is 5. The molecule has 4 aliphatic carbocycles. The van der Waals surface area contributed by atoms with Gasteiger partial charge in [-0.15, -0.1) is 11.3 Å².